The first kappa shape index (κ1) is 20.8. The molecule has 0 aliphatic heterocycles. The molecule has 0 amide bonds. The summed E-state index contributed by atoms with van der Waals surface area (Å²) in [5.74, 6) is -0.0219. The molecule has 1 aliphatic carbocycles. The number of quaternary nitrogens is 1. The van der Waals surface area contributed by atoms with Gasteiger partial charge in [0.15, 0.2) is 0 Å². The van der Waals surface area contributed by atoms with Gasteiger partial charge < -0.3 is 33.2 Å². The number of esters is 1. The van der Waals surface area contributed by atoms with Gasteiger partial charge in [-0.15, -0.1) is 11.8 Å². The number of rotatable bonds is 8. The van der Waals surface area contributed by atoms with E-state index in [9.17, 15) is 4.79 Å². The molecule has 0 aromatic heterocycles. The Bertz CT molecular complexity index is 487. The molecule has 0 saturated heterocycles. The zero-order valence-corrected chi connectivity index (χ0v) is 17.4. The summed E-state index contributed by atoms with van der Waals surface area (Å²) >= 11 is 1.68. The Kier molecular flexibility index (Phi) is 8.38. The molecule has 2 rings (SSSR count). The minimum Gasteiger partial charge on any atom is -1.00 e. The number of benzene rings is 1. The van der Waals surface area contributed by atoms with Crippen molar-refractivity contribution in [2.45, 2.75) is 42.8 Å². The molecule has 0 N–H and O–H groups in total. The molecule has 23 heavy (non-hydrogen) atoms. The van der Waals surface area contributed by atoms with Crippen LogP contribution in [-0.4, -0.2) is 48.5 Å². The smallest absolute Gasteiger partial charge is 0.322 e. The average Bonchev–Trinajstić information content (AvgIpc) is 2.51. The topological polar surface area (TPSA) is 26.3 Å². The molecule has 0 unspecified atom stereocenters. The first-order valence-corrected chi connectivity index (χ1v) is 9.10. The molecule has 1 aliphatic rings. The van der Waals surface area contributed by atoms with E-state index in [-0.39, 0.29) is 34.7 Å². The van der Waals surface area contributed by atoms with Crippen molar-refractivity contribution in [3.8, 4) is 0 Å². The molecule has 0 radical (unpaired) electrons. The summed E-state index contributed by atoms with van der Waals surface area (Å²) in [6.45, 7) is 7.92. The number of nitrogens with zero attached hydrogens (tertiary/aromatic N) is 1. The summed E-state index contributed by atoms with van der Waals surface area (Å²) in [4.78, 5) is 13.7. The number of hydrogen-bond acceptors (Lipinski definition) is 3. The van der Waals surface area contributed by atoms with Gasteiger partial charge in [-0.05, 0) is 45.2 Å². The van der Waals surface area contributed by atoms with Gasteiger partial charge in [-0.3, -0.25) is 4.79 Å². The fourth-order valence-corrected chi connectivity index (χ4v) is 3.97. The van der Waals surface area contributed by atoms with Gasteiger partial charge >= 0.3 is 5.97 Å². The van der Waals surface area contributed by atoms with Crippen LogP contribution in [0.4, 0.5) is 0 Å². The Balaban J connectivity index is 0.00000264. The van der Waals surface area contributed by atoms with Gasteiger partial charge in [0.2, 0.25) is 0 Å². The van der Waals surface area contributed by atoms with Crippen LogP contribution in [0.2, 0.25) is 0 Å². The second kappa shape index (κ2) is 9.28. The highest BCUT2D eigenvalue weighted by atomic mass is 127. The van der Waals surface area contributed by atoms with Crippen molar-refractivity contribution in [3.63, 3.8) is 0 Å². The van der Waals surface area contributed by atoms with E-state index in [1.807, 2.05) is 18.2 Å². The average molecular weight is 449 g/mol. The van der Waals surface area contributed by atoms with E-state index in [4.69, 9.17) is 4.74 Å². The molecule has 1 aromatic rings. The number of ether oxygens (including phenoxy) is 1. The summed E-state index contributed by atoms with van der Waals surface area (Å²) in [5.41, 5.74) is 0. The van der Waals surface area contributed by atoms with Gasteiger partial charge in [-0.2, -0.15) is 0 Å². The van der Waals surface area contributed by atoms with E-state index in [2.05, 4.69) is 33.0 Å². The predicted octanol–water partition coefficient (Wildman–Crippen LogP) is 0.735. The van der Waals surface area contributed by atoms with E-state index < -0.39 is 0 Å². The molecular formula is C18H28INO2S. The summed E-state index contributed by atoms with van der Waals surface area (Å²) in [5, 5.41) is 0. The van der Waals surface area contributed by atoms with Crippen molar-refractivity contribution in [2.24, 2.45) is 0 Å². The summed E-state index contributed by atoms with van der Waals surface area (Å²) in [7, 11) is 2.21. The van der Waals surface area contributed by atoms with E-state index in [0.29, 0.717) is 6.61 Å². The maximum atomic E-state index is 12.6. The maximum Gasteiger partial charge on any atom is 0.322 e. The van der Waals surface area contributed by atoms with Crippen LogP contribution in [0.25, 0.3) is 0 Å². The number of thioether (sulfide) groups is 1. The molecule has 3 nitrogen and oxygen atoms in total. The van der Waals surface area contributed by atoms with Crippen molar-refractivity contribution in [3.05, 3.63) is 30.3 Å². The first-order chi connectivity index (χ1) is 10.5. The standard InChI is InChI=1S/C18H28NO2S.HI/c1-4-19(3,5-2)14-15-21-17(20)18(12-9-13-18)22-16-10-7-6-8-11-16;/h6-8,10-11H,4-5,9,12-15H2,1-3H3;1H/q+1;/p-1. The van der Waals surface area contributed by atoms with Crippen molar-refractivity contribution >= 4 is 17.7 Å². The third-order valence-corrected chi connectivity index (χ3v) is 6.45. The normalized spacial score (nSPS) is 16.1. The number of carbonyl (C=O) groups is 1. The van der Waals surface area contributed by atoms with Crippen LogP contribution in [-0.2, 0) is 9.53 Å². The van der Waals surface area contributed by atoms with Crippen molar-refractivity contribution in [2.75, 3.05) is 33.3 Å². The van der Waals surface area contributed by atoms with Crippen molar-refractivity contribution in [1.29, 1.82) is 0 Å². The maximum absolute atomic E-state index is 12.6. The van der Waals surface area contributed by atoms with Crippen molar-refractivity contribution < 1.29 is 38.0 Å². The van der Waals surface area contributed by atoms with Crippen LogP contribution in [0.15, 0.2) is 35.2 Å². The van der Waals surface area contributed by atoms with E-state index in [0.717, 1.165) is 48.3 Å². The van der Waals surface area contributed by atoms with Gasteiger partial charge in [0.25, 0.3) is 0 Å². The fourth-order valence-electron chi connectivity index (χ4n) is 2.59. The third-order valence-electron chi connectivity index (χ3n) is 4.98. The van der Waals surface area contributed by atoms with Gasteiger partial charge in [-0.1, -0.05) is 18.2 Å². The molecule has 130 valence electrons. The monoisotopic (exact) mass is 449 g/mol. The number of hydrogen-bond donors (Lipinski definition) is 0. The Morgan fingerprint density at radius 3 is 2.30 bits per heavy atom. The van der Waals surface area contributed by atoms with Gasteiger partial charge in [-0.25, -0.2) is 0 Å². The van der Waals surface area contributed by atoms with Gasteiger partial charge in [0, 0.05) is 4.90 Å². The number of likely N-dealkylation sites (N-methyl/N-ethyl adjacent to an activating group) is 1. The molecule has 0 spiro atoms. The van der Waals surface area contributed by atoms with Gasteiger partial charge in [0.1, 0.15) is 17.9 Å². The molecule has 1 fully saturated rings. The van der Waals surface area contributed by atoms with E-state index in [1.54, 1.807) is 11.8 Å². The highest BCUT2D eigenvalue weighted by Crippen LogP contribution is 2.48. The number of carbonyl (C=O) groups excluding carboxylic acids is 1. The Morgan fingerprint density at radius 2 is 1.83 bits per heavy atom. The number of halogens is 1. The summed E-state index contributed by atoms with van der Waals surface area (Å²) in [6.07, 6.45) is 2.98. The lowest BCUT2D eigenvalue weighted by Gasteiger charge is -2.39. The molecular weight excluding hydrogens is 421 g/mol. The second-order valence-corrected chi connectivity index (χ2v) is 7.83. The largest absolute Gasteiger partial charge is 1.00 e. The molecule has 0 atom stereocenters. The first-order valence-electron chi connectivity index (χ1n) is 8.28. The van der Waals surface area contributed by atoms with E-state index >= 15 is 0 Å². The SMILES string of the molecule is CC[N+](C)(CC)CCOC(=O)C1(Sc2ccccc2)CCC1.[I-]. The molecule has 0 heterocycles. The quantitative estimate of drug-likeness (QED) is 0.333. The Morgan fingerprint density at radius 1 is 1.22 bits per heavy atom. The van der Waals surface area contributed by atoms with E-state index in [1.165, 1.54) is 0 Å². The third kappa shape index (κ3) is 5.36. The second-order valence-electron chi connectivity index (χ2n) is 6.37. The van der Waals surface area contributed by atoms with Gasteiger partial charge in [0.05, 0.1) is 20.1 Å². The highest BCUT2D eigenvalue weighted by molar-refractivity contribution is 8.01. The van der Waals surface area contributed by atoms with Crippen LogP contribution in [0, 0.1) is 0 Å². The van der Waals surface area contributed by atoms with Crippen LogP contribution < -0.4 is 24.0 Å². The predicted molar refractivity (Wildman–Crippen MR) is 92.0 cm³/mol. The Hall–Kier alpha value is -0.270. The lowest BCUT2D eigenvalue weighted by atomic mass is 9.84. The molecule has 1 saturated carbocycles. The lowest BCUT2D eigenvalue weighted by Crippen LogP contribution is -3.00. The lowest BCUT2D eigenvalue weighted by molar-refractivity contribution is -0.906. The minimum absolute atomic E-state index is 0. The van der Waals surface area contributed by atoms with Crippen LogP contribution in [0.1, 0.15) is 33.1 Å². The minimum atomic E-state index is -0.344. The highest BCUT2D eigenvalue weighted by Gasteiger charge is 2.46. The van der Waals surface area contributed by atoms with Crippen LogP contribution >= 0.6 is 11.8 Å². The van der Waals surface area contributed by atoms with Crippen LogP contribution in [0.3, 0.4) is 0 Å². The zero-order valence-electron chi connectivity index (χ0n) is 14.4. The fraction of sp³-hybridized carbons (Fsp3) is 0.611. The summed E-state index contributed by atoms with van der Waals surface area (Å²) < 4.78 is 6.25. The summed E-state index contributed by atoms with van der Waals surface area (Å²) in [6, 6.07) is 10.2. The van der Waals surface area contributed by atoms with Crippen molar-refractivity contribution in [1.82, 2.24) is 0 Å². The Labute approximate surface area is 161 Å². The van der Waals surface area contributed by atoms with Crippen LogP contribution in [0.5, 0.6) is 0 Å². The molecule has 5 heteroatoms. The molecule has 1 aromatic carbocycles. The zero-order chi connectivity index (χ0) is 16.1. The molecule has 0 bridgehead atoms.